The van der Waals surface area contributed by atoms with Gasteiger partial charge in [-0.3, -0.25) is 4.79 Å². The highest BCUT2D eigenvalue weighted by atomic mass is 19.1. The number of halogens is 2. The molecule has 3 rings (SSSR count). The number of rotatable bonds is 6. The van der Waals surface area contributed by atoms with E-state index in [1.807, 2.05) is 0 Å². The van der Waals surface area contributed by atoms with E-state index in [2.05, 4.69) is 10.1 Å². The van der Waals surface area contributed by atoms with Crippen LogP contribution in [0.5, 0.6) is 5.75 Å². The molecule has 0 amide bonds. The Kier molecular flexibility index (Phi) is 5.17. The standard InChI is InChI=1S/C19H14F2N2O3/c1-12-22-19(23-26-12)11-25-15-6-2-13(3-7-15)4-9-18(24)16-8-5-14(20)10-17(16)21/h2-10H,11H2,1H3/b9-4+. The number of ether oxygens (including phenoxy) is 1. The van der Waals surface area contributed by atoms with Gasteiger partial charge >= 0.3 is 0 Å². The van der Waals surface area contributed by atoms with E-state index in [1.54, 1.807) is 31.2 Å². The van der Waals surface area contributed by atoms with Crippen molar-refractivity contribution in [1.29, 1.82) is 0 Å². The number of ketones is 1. The smallest absolute Gasteiger partial charge is 0.223 e. The van der Waals surface area contributed by atoms with Crippen LogP contribution in [0.25, 0.3) is 6.08 Å². The molecule has 0 N–H and O–H groups in total. The van der Waals surface area contributed by atoms with Gasteiger partial charge in [-0.05, 0) is 35.9 Å². The summed E-state index contributed by atoms with van der Waals surface area (Å²) in [5.41, 5.74) is 0.543. The van der Waals surface area contributed by atoms with Gasteiger partial charge in [-0.1, -0.05) is 23.4 Å². The largest absolute Gasteiger partial charge is 0.485 e. The van der Waals surface area contributed by atoms with E-state index in [4.69, 9.17) is 9.26 Å². The van der Waals surface area contributed by atoms with Crippen molar-refractivity contribution >= 4 is 11.9 Å². The molecule has 0 unspecified atom stereocenters. The first-order valence-electron chi connectivity index (χ1n) is 7.71. The Labute approximate surface area is 147 Å². The molecule has 5 nitrogen and oxygen atoms in total. The van der Waals surface area contributed by atoms with Crippen LogP contribution in [0.3, 0.4) is 0 Å². The molecule has 1 aromatic heterocycles. The van der Waals surface area contributed by atoms with Crippen LogP contribution in [-0.2, 0) is 6.61 Å². The van der Waals surface area contributed by atoms with Gasteiger partial charge in [0, 0.05) is 13.0 Å². The average Bonchev–Trinajstić information content (AvgIpc) is 3.04. The molecule has 0 saturated carbocycles. The minimum absolute atomic E-state index is 0.175. The molecule has 7 heteroatoms. The molecule has 0 aliphatic heterocycles. The van der Waals surface area contributed by atoms with E-state index in [9.17, 15) is 13.6 Å². The summed E-state index contributed by atoms with van der Waals surface area (Å²) in [7, 11) is 0. The zero-order valence-electron chi connectivity index (χ0n) is 13.8. The van der Waals surface area contributed by atoms with Crippen molar-refractivity contribution in [3.8, 4) is 5.75 Å². The van der Waals surface area contributed by atoms with E-state index in [0.29, 0.717) is 23.5 Å². The van der Waals surface area contributed by atoms with Crippen LogP contribution in [0, 0.1) is 18.6 Å². The predicted molar refractivity (Wildman–Crippen MR) is 89.5 cm³/mol. The third-order valence-corrected chi connectivity index (χ3v) is 3.44. The summed E-state index contributed by atoms with van der Waals surface area (Å²) in [5.74, 6) is -0.657. The van der Waals surface area contributed by atoms with E-state index in [-0.39, 0.29) is 12.2 Å². The number of hydrogen-bond donors (Lipinski definition) is 0. The third kappa shape index (κ3) is 4.38. The van der Waals surface area contributed by atoms with E-state index in [0.717, 1.165) is 17.7 Å². The number of carbonyl (C=O) groups excluding carboxylic acids is 1. The highest BCUT2D eigenvalue weighted by Crippen LogP contribution is 2.16. The molecule has 0 radical (unpaired) electrons. The fraction of sp³-hybridized carbons (Fsp3) is 0.105. The second kappa shape index (κ2) is 7.69. The van der Waals surface area contributed by atoms with E-state index < -0.39 is 17.4 Å². The van der Waals surface area contributed by atoms with Gasteiger partial charge in [0.1, 0.15) is 17.4 Å². The fourth-order valence-electron chi connectivity index (χ4n) is 2.17. The van der Waals surface area contributed by atoms with Gasteiger partial charge in [-0.2, -0.15) is 4.98 Å². The number of hydrogen-bond acceptors (Lipinski definition) is 5. The van der Waals surface area contributed by atoms with Gasteiger partial charge in [-0.15, -0.1) is 0 Å². The Morgan fingerprint density at radius 3 is 2.62 bits per heavy atom. The quantitative estimate of drug-likeness (QED) is 0.491. The molecular weight excluding hydrogens is 342 g/mol. The molecule has 3 aromatic rings. The molecule has 2 aromatic carbocycles. The summed E-state index contributed by atoms with van der Waals surface area (Å²) in [5, 5.41) is 3.72. The number of carbonyl (C=O) groups is 1. The predicted octanol–water partition coefficient (Wildman–Crippen LogP) is 4.13. The van der Waals surface area contributed by atoms with Crippen LogP contribution in [-0.4, -0.2) is 15.9 Å². The molecular formula is C19H14F2N2O3. The molecule has 1 heterocycles. The second-order valence-corrected chi connectivity index (χ2v) is 5.41. The Bertz CT molecular complexity index is 950. The zero-order valence-corrected chi connectivity index (χ0v) is 13.8. The molecule has 0 aliphatic rings. The van der Waals surface area contributed by atoms with Gasteiger partial charge < -0.3 is 9.26 Å². The van der Waals surface area contributed by atoms with Crippen molar-refractivity contribution in [2.75, 3.05) is 0 Å². The molecule has 0 spiro atoms. The van der Waals surface area contributed by atoms with Crippen molar-refractivity contribution in [2.45, 2.75) is 13.5 Å². The van der Waals surface area contributed by atoms with Crippen molar-refractivity contribution in [3.63, 3.8) is 0 Å². The maximum Gasteiger partial charge on any atom is 0.223 e. The summed E-state index contributed by atoms with van der Waals surface area (Å²) >= 11 is 0. The number of benzene rings is 2. The van der Waals surface area contributed by atoms with Gasteiger partial charge in [0.25, 0.3) is 0 Å². The van der Waals surface area contributed by atoms with Gasteiger partial charge in [0.05, 0.1) is 5.56 Å². The lowest BCUT2D eigenvalue weighted by Crippen LogP contribution is -1.99. The maximum absolute atomic E-state index is 13.6. The van der Waals surface area contributed by atoms with Gasteiger partial charge in [-0.25, -0.2) is 8.78 Å². The second-order valence-electron chi connectivity index (χ2n) is 5.41. The lowest BCUT2D eigenvalue weighted by molar-refractivity contribution is 0.104. The lowest BCUT2D eigenvalue weighted by atomic mass is 10.1. The van der Waals surface area contributed by atoms with Crippen LogP contribution >= 0.6 is 0 Å². The van der Waals surface area contributed by atoms with Crippen molar-refractivity contribution in [3.05, 3.63) is 83.0 Å². The highest BCUT2D eigenvalue weighted by Gasteiger charge is 2.09. The third-order valence-electron chi connectivity index (χ3n) is 3.44. The first kappa shape index (κ1) is 17.5. The van der Waals surface area contributed by atoms with Crippen molar-refractivity contribution < 1.29 is 22.8 Å². The molecule has 0 bridgehead atoms. The number of nitrogens with zero attached hydrogens (tertiary/aromatic N) is 2. The summed E-state index contributed by atoms with van der Waals surface area (Å²) in [6, 6.07) is 9.75. The van der Waals surface area contributed by atoms with Crippen LogP contribution in [0.2, 0.25) is 0 Å². The minimum Gasteiger partial charge on any atom is -0.485 e. The monoisotopic (exact) mass is 356 g/mol. The number of allylic oxidation sites excluding steroid dienone is 1. The summed E-state index contributed by atoms with van der Waals surface area (Å²) < 4.78 is 36.8. The maximum atomic E-state index is 13.6. The highest BCUT2D eigenvalue weighted by molar-refractivity contribution is 6.06. The molecule has 0 fully saturated rings. The molecule has 0 atom stereocenters. The zero-order chi connectivity index (χ0) is 18.5. The summed E-state index contributed by atoms with van der Waals surface area (Å²) in [6.07, 6.45) is 2.77. The number of aromatic nitrogens is 2. The summed E-state index contributed by atoms with van der Waals surface area (Å²) in [4.78, 5) is 16.0. The molecule has 132 valence electrons. The Balaban J connectivity index is 1.61. The Morgan fingerprint density at radius 2 is 1.96 bits per heavy atom. The minimum atomic E-state index is -0.889. The van der Waals surface area contributed by atoms with Crippen molar-refractivity contribution in [2.24, 2.45) is 0 Å². The van der Waals surface area contributed by atoms with Crippen LogP contribution in [0.4, 0.5) is 8.78 Å². The van der Waals surface area contributed by atoms with E-state index >= 15 is 0 Å². The first-order valence-corrected chi connectivity index (χ1v) is 7.71. The molecule has 0 aliphatic carbocycles. The van der Waals surface area contributed by atoms with Crippen LogP contribution in [0.15, 0.2) is 53.1 Å². The van der Waals surface area contributed by atoms with E-state index in [1.165, 1.54) is 12.2 Å². The van der Waals surface area contributed by atoms with Crippen LogP contribution < -0.4 is 4.74 Å². The SMILES string of the molecule is Cc1nc(COc2ccc(/C=C/C(=O)c3ccc(F)cc3F)cc2)no1. The Morgan fingerprint density at radius 1 is 1.19 bits per heavy atom. The topological polar surface area (TPSA) is 65.2 Å². The summed E-state index contributed by atoms with van der Waals surface area (Å²) in [6.45, 7) is 1.87. The van der Waals surface area contributed by atoms with Crippen LogP contribution in [0.1, 0.15) is 27.6 Å². The van der Waals surface area contributed by atoms with Gasteiger partial charge in [0.2, 0.25) is 11.7 Å². The molecule has 26 heavy (non-hydrogen) atoms. The van der Waals surface area contributed by atoms with Crippen molar-refractivity contribution in [1.82, 2.24) is 10.1 Å². The lowest BCUT2D eigenvalue weighted by Gasteiger charge is -2.03. The Hall–Kier alpha value is -3.35. The normalized spacial score (nSPS) is 11.0. The fourth-order valence-corrected chi connectivity index (χ4v) is 2.17. The number of aryl methyl sites for hydroxylation is 1. The van der Waals surface area contributed by atoms with Gasteiger partial charge in [0.15, 0.2) is 12.4 Å². The molecule has 0 saturated heterocycles. The average molecular weight is 356 g/mol. The first-order chi connectivity index (χ1) is 12.5.